The van der Waals surface area contributed by atoms with Crippen molar-refractivity contribution in [3.63, 3.8) is 0 Å². The van der Waals surface area contributed by atoms with Crippen molar-refractivity contribution in [2.75, 3.05) is 0 Å². The lowest BCUT2D eigenvalue weighted by Crippen LogP contribution is -2.03. The number of thiophene rings is 1. The molecule has 2 aromatic rings. The summed E-state index contributed by atoms with van der Waals surface area (Å²) in [5, 5.41) is 4.03. The fourth-order valence-corrected chi connectivity index (χ4v) is 2.41. The first-order valence-corrected chi connectivity index (χ1v) is 5.62. The molecular weight excluding hydrogens is 251 g/mol. The Balaban J connectivity index is 2.69. The number of alkyl halides is 3. The summed E-state index contributed by atoms with van der Waals surface area (Å²) in [6, 6.07) is 0.0579. The summed E-state index contributed by atoms with van der Waals surface area (Å²) < 4.78 is 39.9. The molecule has 2 heterocycles. The van der Waals surface area contributed by atoms with Gasteiger partial charge in [0, 0.05) is 12.2 Å². The standard InChI is InChI=1S/C10H8F3N3S/c1-5(2)16-4-6-7(15-16)8(14-3)9(17-6)10(11,12)13/h4-5H,1-2H3. The molecule has 0 saturated carbocycles. The minimum Gasteiger partial charge on any atom is -0.269 e. The Morgan fingerprint density at radius 1 is 1.47 bits per heavy atom. The Morgan fingerprint density at radius 3 is 2.59 bits per heavy atom. The Kier molecular flexibility index (Phi) is 2.62. The lowest BCUT2D eigenvalue weighted by molar-refractivity contribution is -0.133. The van der Waals surface area contributed by atoms with Crippen molar-refractivity contribution < 1.29 is 13.2 Å². The van der Waals surface area contributed by atoms with Crippen LogP contribution in [0, 0.1) is 6.57 Å². The molecule has 2 aromatic heterocycles. The van der Waals surface area contributed by atoms with Crippen LogP contribution < -0.4 is 0 Å². The van der Waals surface area contributed by atoms with E-state index >= 15 is 0 Å². The third-order valence-electron chi connectivity index (χ3n) is 2.25. The molecule has 0 atom stereocenters. The first kappa shape index (κ1) is 11.9. The van der Waals surface area contributed by atoms with Gasteiger partial charge in [0.05, 0.1) is 11.3 Å². The molecule has 0 amide bonds. The van der Waals surface area contributed by atoms with Crippen molar-refractivity contribution in [2.45, 2.75) is 26.1 Å². The van der Waals surface area contributed by atoms with Crippen LogP contribution in [0.3, 0.4) is 0 Å². The van der Waals surface area contributed by atoms with E-state index in [1.807, 2.05) is 13.8 Å². The van der Waals surface area contributed by atoms with E-state index in [1.54, 1.807) is 10.9 Å². The van der Waals surface area contributed by atoms with Crippen molar-refractivity contribution in [3.8, 4) is 0 Å². The predicted molar refractivity (Wildman–Crippen MR) is 59.3 cm³/mol. The fourth-order valence-electron chi connectivity index (χ4n) is 1.44. The first-order valence-electron chi connectivity index (χ1n) is 4.81. The van der Waals surface area contributed by atoms with Gasteiger partial charge in [-0.15, -0.1) is 11.3 Å². The maximum absolute atomic E-state index is 12.6. The van der Waals surface area contributed by atoms with Crippen LogP contribution in [-0.2, 0) is 6.18 Å². The van der Waals surface area contributed by atoms with Crippen LogP contribution in [0.25, 0.3) is 15.1 Å². The van der Waals surface area contributed by atoms with Crippen molar-refractivity contribution in [1.82, 2.24) is 9.78 Å². The zero-order valence-corrected chi connectivity index (χ0v) is 9.85. The van der Waals surface area contributed by atoms with E-state index in [4.69, 9.17) is 6.57 Å². The number of hydrogen-bond donors (Lipinski definition) is 0. The van der Waals surface area contributed by atoms with E-state index in [1.165, 1.54) is 0 Å². The van der Waals surface area contributed by atoms with Gasteiger partial charge < -0.3 is 0 Å². The van der Waals surface area contributed by atoms with Gasteiger partial charge >= 0.3 is 6.18 Å². The number of rotatable bonds is 1. The molecule has 0 saturated heterocycles. The molecule has 7 heteroatoms. The lowest BCUT2D eigenvalue weighted by atomic mass is 10.3. The minimum absolute atomic E-state index is 0.0579. The van der Waals surface area contributed by atoms with E-state index in [9.17, 15) is 13.2 Å². The van der Waals surface area contributed by atoms with E-state index in [0.717, 1.165) is 0 Å². The summed E-state index contributed by atoms with van der Waals surface area (Å²) in [5.74, 6) is 0. The molecule has 0 fully saturated rings. The van der Waals surface area contributed by atoms with E-state index in [2.05, 4.69) is 9.94 Å². The van der Waals surface area contributed by atoms with Gasteiger partial charge in [0.1, 0.15) is 10.4 Å². The van der Waals surface area contributed by atoms with Crippen molar-refractivity contribution in [1.29, 1.82) is 0 Å². The van der Waals surface area contributed by atoms with Gasteiger partial charge in [0.25, 0.3) is 0 Å². The van der Waals surface area contributed by atoms with E-state index in [0.29, 0.717) is 16.0 Å². The van der Waals surface area contributed by atoms with Crippen molar-refractivity contribution in [2.24, 2.45) is 0 Å². The highest BCUT2D eigenvalue weighted by atomic mass is 32.1. The molecule has 0 spiro atoms. The molecule has 0 N–H and O–H groups in total. The van der Waals surface area contributed by atoms with Gasteiger partial charge in [-0.25, -0.2) is 4.85 Å². The third kappa shape index (κ3) is 1.89. The zero-order valence-electron chi connectivity index (χ0n) is 9.04. The molecular formula is C10H8F3N3S. The largest absolute Gasteiger partial charge is 0.416 e. The highest BCUT2D eigenvalue weighted by Crippen LogP contribution is 2.46. The second-order valence-electron chi connectivity index (χ2n) is 3.81. The minimum atomic E-state index is -4.49. The first-order chi connectivity index (χ1) is 7.84. The van der Waals surface area contributed by atoms with Crippen LogP contribution in [0.4, 0.5) is 18.9 Å². The molecule has 0 aromatic carbocycles. The second kappa shape index (κ2) is 3.74. The van der Waals surface area contributed by atoms with Crippen LogP contribution in [0.2, 0.25) is 0 Å². The molecule has 2 rings (SSSR count). The summed E-state index contributed by atoms with van der Waals surface area (Å²) in [6.45, 7) is 10.6. The highest BCUT2D eigenvalue weighted by Gasteiger charge is 2.37. The number of halogens is 3. The fraction of sp³-hybridized carbons (Fsp3) is 0.400. The average molecular weight is 259 g/mol. The zero-order chi connectivity index (χ0) is 12.8. The molecule has 17 heavy (non-hydrogen) atoms. The van der Waals surface area contributed by atoms with Gasteiger partial charge in [-0.3, -0.25) is 4.68 Å². The predicted octanol–water partition coefficient (Wildman–Crippen LogP) is 4.25. The summed E-state index contributed by atoms with van der Waals surface area (Å²) >= 11 is 0.572. The van der Waals surface area contributed by atoms with Crippen LogP contribution in [0.1, 0.15) is 24.8 Å². The van der Waals surface area contributed by atoms with E-state index < -0.39 is 16.7 Å². The van der Waals surface area contributed by atoms with Gasteiger partial charge in [-0.05, 0) is 13.8 Å². The lowest BCUT2D eigenvalue weighted by Gasteiger charge is -2.05. The number of aromatic nitrogens is 2. The van der Waals surface area contributed by atoms with Crippen LogP contribution in [0.5, 0.6) is 0 Å². The highest BCUT2D eigenvalue weighted by molar-refractivity contribution is 7.19. The monoisotopic (exact) mass is 259 g/mol. The molecule has 90 valence electrons. The summed E-state index contributed by atoms with van der Waals surface area (Å²) in [6.07, 6.45) is -2.94. The molecule has 0 unspecified atom stereocenters. The molecule has 3 nitrogen and oxygen atoms in total. The smallest absolute Gasteiger partial charge is 0.269 e. The Morgan fingerprint density at radius 2 is 2.12 bits per heavy atom. The van der Waals surface area contributed by atoms with Crippen molar-refractivity contribution >= 4 is 27.2 Å². The number of hydrogen-bond acceptors (Lipinski definition) is 2. The molecule has 0 aliphatic carbocycles. The van der Waals surface area contributed by atoms with Crippen LogP contribution in [-0.4, -0.2) is 9.78 Å². The molecule has 0 bridgehead atoms. The Labute approximate surface area is 99.3 Å². The SMILES string of the molecule is [C-]#[N+]c1c(C(F)(F)F)sc2cn(C(C)C)nc12. The quantitative estimate of drug-likeness (QED) is 0.702. The van der Waals surface area contributed by atoms with Gasteiger partial charge in [-0.2, -0.15) is 18.3 Å². The third-order valence-corrected chi connectivity index (χ3v) is 3.40. The summed E-state index contributed by atoms with van der Waals surface area (Å²) in [4.78, 5) is 2.10. The van der Waals surface area contributed by atoms with E-state index in [-0.39, 0.29) is 11.6 Å². The van der Waals surface area contributed by atoms with Crippen LogP contribution >= 0.6 is 11.3 Å². The van der Waals surface area contributed by atoms with Gasteiger partial charge in [0.2, 0.25) is 5.69 Å². The normalized spacial score (nSPS) is 12.3. The van der Waals surface area contributed by atoms with Gasteiger partial charge in [-0.1, -0.05) is 0 Å². The summed E-state index contributed by atoms with van der Waals surface area (Å²) in [7, 11) is 0. The van der Waals surface area contributed by atoms with Crippen molar-refractivity contribution in [3.05, 3.63) is 22.5 Å². The molecule has 0 aliphatic rings. The second-order valence-corrected chi connectivity index (χ2v) is 4.86. The average Bonchev–Trinajstić information content (AvgIpc) is 2.71. The molecule has 0 aliphatic heterocycles. The van der Waals surface area contributed by atoms with Crippen LogP contribution in [0.15, 0.2) is 6.20 Å². The maximum Gasteiger partial charge on any atom is 0.416 e. The number of fused-ring (bicyclic) bond motifs is 1. The Hall–Kier alpha value is -1.55. The summed E-state index contributed by atoms with van der Waals surface area (Å²) in [5.41, 5.74) is -0.247. The topological polar surface area (TPSA) is 22.2 Å². The number of nitrogens with zero attached hydrogens (tertiary/aromatic N) is 3. The Bertz CT molecular complexity index is 601. The maximum atomic E-state index is 12.6. The van der Waals surface area contributed by atoms with Gasteiger partial charge in [0.15, 0.2) is 0 Å². The molecule has 0 radical (unpaired) electrons.